The highest BCUT2D eigenvalue weighted by atomic mass is 79.9. The van der Waals surface area contributed by atoms with E-state index in [0.29, 0.717) is 11.3 Å². The molecule has 14 heavy (non-hydrogen) atoms. The molecular weight excluding hydrogens is 261 g/mol. The first-order valence-electron chi connectivity index (χ1n) is 5.01. The van der Waals surface area contributed by atoms with Crippen LogP contribution >= 0.6 is 27.5 Å². The zero-order valence-electron chi connectivity index (χ0n) is 7.92. The largest absolute Gasteiger partial charge is 0.260 e. The highest BCUT2D eigenvalue weighted by Crippen LogP contribution is 2.33. The average molecular weight is 275 g/mol. The molecule has 1 saturated carbocycles. The smallest absolute Gasteiger partial charge is 0.0548 e. The molecule has 0 aliphatic heterocycles. The summed E-state index contributed by atoms with van der Waals surface area (Å²) in [4.78, 5) is 4.37. The Labute approximate surface area is 98.0 Å². The first kappa shape index (κ1) is 10.4. The van der Waals surface area contributed by atoms with Crippen LogP contribution in [0.25, 0.3) is 0 Å². The van der Waals surface area contributed by atoms with Crippen LogP contribution in [-0.2, 0) is 6.42 Å². The SMILES string of the molecule is ClC1CCCC1Cc1ncccc1Br. The number of nitrogens with zero attached hydrogens (tertiary/aromatic N) is 1. The standard InChI is InChI=1S/C11H13BrClN/c12-9-4-2-6-14-11(9)7-8-3-1-5-10(8)13/h2,4,6,8,10H,1,3,5,7H2. The van der Waals surface area contributed by atoms with E-state index in [1.807, 2.05) is 18.3 Å². The molecule has 1 aliphatic rings. The van der Waals surface area contributed by atoms with Gasteiger partial charge in [0.25, 0.3) is 0 Å². The van der Waals surface area contributed by atoms with E-state index in [1.54, 1.807) is 0 Å². The lowest BCUT2D eigenvalue weighted by Gasteiger charge is -2.13. The number of hydrogen-bond acceptors (Lipinski definition) is 1. The van der Waals surface area contributed by atoms with Crippen molar-refractivity contribution in [2.24, 2.45) is 5.92 Å². The lowest BCUT2D eigenvalue weighted by Crippen LogP contribution is -2.11. The van der Waals surface area contributed by atoms with Gasteiger partial charge in [0, 0.05) is 16.0 Å². The molecule has 1 fully saturated rings. The first-order chi connectivity index (χ1) is 6.77. The van der Waals surface area contributed by atoms with Crippen LogP contribution in [0.2, 0.25) is 0 Å². The minimum absolute atomic E-state index is 0.351. The van der Waals surface area contributed by atoms with Gasteiger partial charge in [-0.3, -0.25) is 4.98 Å². The summed E-state index contributed by atoms with van der Waals surface area (Å²) < 4.78 is 1.11. The summed E-state index contributed by atoms with van der Waals surface area (Å²) in [5.41, 5.74) is 1.14. The molecule has 2 atom stereocenters. The van der Waals surface area contributed by atoms with E-state index < -0.39 is 0 Å². The van der Waals surface area contributed by atoms with Crippen LogP contribution in [0.5, 0.6) is 0 Å². The predicted molar refractivity (Wildman–Crippen MR) is 62.6 cm³/mol. The third-order valence-electron chi connectivity index (χ3n) is 2.86. The maximum atomic E-state index is 6.24. The Morgan fingerprint density at radius 3 is 3.00 bits per heavy atom. The van der Waals surface area contributed by atoms with Gasteiger partial charge in [0.15, 0.2) is 0 Å². The van der Waals surface area contributed by atoms with E-state index in [2.05, 4.69) is 20.9 Å². The molecule has 0 N–H and O–H groups in total. The molecule has 0 bridgehead atoms. The van der Waals surface area contributed by atoms with Gasteiger partial charge < -0.3 is 0 Å². The van der Waals surface area contributed by atoms with Gasteiger partial charge in [-0.25, -0.2) is 0 Å². The Hall–Kier alpha value is -0.0800. The zero-order valence-corrected chi connectivity index (χ0v) is 10.3. The van der Waals surface area contributed by atoms with Crippen LogP contribution in [-0.4, -0.2) is 10.4 Å². The second-order valence-electron chi connectivity index (χ2n) is 3.84. The molecule has 1 nitrogen and oxygen atoms in total. The van der Waals surface area contributed by atoms with E-state index in [0.717, 1.165) is 23.0 Å². The van der Waals surface area contributed by atoms with Crippen LogP contribution in [0.15, 0.2) is 22.8 Å². The minimum Gasteiger partial charge on any atom is -0.260 e. The lowest BCUT2D eigenvalue weighted by atomic mass is 10.0. The molecule has 0 saturated heterocycles. The summed E-state index contributed by atoms with van der Waals surface area (Å²) in [6.45, 7) is 0. The minimum atomic E-state index is 0.351. The van der Waals surface area contributed by atoms with Gasteiger partial charge in [0.2, 0.25) is 0 Å². The summed E-state index contributed by atoms with van der Waals surface area (Å²) in [7, 11) is 0. The number of alkyl halides is 1. The Bertz CT molecular complexity index is 316. The van der Waals surface area contributed by atoms with E-state index in [4.69, 9.17) is 11.6 Å². The van der Waals surface area contributed by atoms with Gasteiger partial charge in [-0.2, -0.15) is 0 Å². The van der Waals surface area contributed by atoms with Crippen molar-refractivity contribution in [3.8, 4) is 0 Å². The number of halogens is 2. The highest BCUT2D eigenvalue weighted by Gasteiger charge is 2.26. The van der Waals surface area contributed by atoms with E-state index in [-0.39, 0.29) is 0 Å². The van der Waals surface area contributed by atoms with Gasteiger partial charge in [0.05, 0.1) is 5.69 Å². The third kappa shape index (κ3) is 2.29. The van der Waals surface area contributed by atoms with Crippen molar-refractivity contribution in [2.45, 2.75) is 31.1 Å². The van der Waals surface area contributed by atoms with Crippen LogP contribution in [0.3, 0.4) is 0 Å². The lowest BCUT2D eigenvalue weighted by molar-refractivity contribution is 0.544. The predicted octanol–water partition coefficient (Wildman–Crippen LogP) is 3.79. The van der Waals surface area contributed by atoms with Gasteiger partial charge in [-0.15, -0.1) is 11.6 Å². The quantitative estimate of drug-likeness (QED) is 0.748. The number of aromatic nitrogens is 1. The van der Waals surface area contributed by atoms with Crippen molar-refractivity contribution in [1.29, 1.82) is 0 Å². The van der Waals surface area contributed by atoms with Crippen LogP contribution < -0.4 is 0 Å². The monoisotopic (exact) mass is 273 g/mol. The number of hydrogen-bond donors (Lipinski definition) is 0. The molecule has 0 radical (unpaired) electrons. The second kappa shape index (κ2) is 4.63. The van der Waals surface area contributed by atoms with Crippen molar-refractivity contribution in [2.75, 3.05) is 0 Å². The van der Waals surface area contributed by atoms with Crippen molar-refractivity contribution in [3.63, 3.8) is 0 Å². The Morgan fingerprint density at radius 2 is 2.36 bits per heavy atom. The second-order valence-corrected chi connectivity index (χ2v) is 5.26. The van der Waals surface area contributed by atoms with Crippen molar-refractivity contribution in [1.82, 2.24) is 4.98 Å². The van der Waals surface area contributed by atoms with Crippen molar-refractivity contribution < 1.29 is 0 Å². The molecule has 0 aromatic carbocycles. The summed E-state index contributed by atoms with van der Waals surface area (Å²) in [5, 5.41) is 0.351. The summed E-state index contributed by atoms with van der Waals surface area (Å²) in [6.07, 6.45) is 6.53. The summed E-state index contributed by atoms with van der Waals surface area (Å²) >= 11 is 9.76. The fourth-order valence-corrected chi connectivity index (χ4v) is 2.82. The maximum absolute atomic E-state index is 6.24. The van der Waals surface area contributed by atoms with Gasteiger partial charge in [-0.1, -0.05) is 6.42 Å². The molecule has 2 rings (SSSR count). The molecule has 76 valence electrons. The average Bonchev–Trinajstić information content (AvgIpc) is 2.56. The molecule has 0 amide bonds. The Kier molecular flexibility index (Phi) is 3.45. The molecule has 1 aromatic rings. The Morgan fingerprint density at radius 1 is 1.50 bits per heavy atom. The van der Waals surface area contributed by atoms with Gasteiger partial charge in [0.1, 0.15) is 0 Å². The molecule has 3 heteroatoms. The van der Waals surface area contributed by atoms with E-state index in [9.17, 15) is 0 Å². The van der Waals surface area contributed by atoms with Crippen LogP contribution in [0, 0.1) is 5.92 Å². The van der Waals surface area contributed by atoms with Crippen molar-refractivity contribution in [3.05, 3.63) is 28.5 Å². The fraction of sp³-hybridized carbons (Fsp3) is 0.545. The van der Waals surface area contributed by atoms with Gasteiger partial charge in [-0.05, 0) is 53.2 Å². The number of pyridine rings is 1. The molecule has 1 heterocycles. The Balaban J connectivity index is 2.07. The summed E-state index contributed by atoms with van der Waals surface area (Å²) in [6, 6.07) is 3.99. The molecule has 2 unspecified atom stereocenters. The normalized spacial score (nSPS) is 26.7. The van der Waals surface area contributed by atoms with E-state index in [1.165, 1.54) is 12.8 Å². The maximum Gasteiger partial charge on any atom is 0.0548 e. The molecule has 1 aliphatic carbocycles. The fourth-order valence-electron chi connectivity index (χ4n) is 2.04. The number of rotatable bonds is 2. The zero-order chi connectivity index (χ0) is 9.97. The van der Waals surface area contributed by atoms with E-state index >= 15 is 0 Å². The molecular formula is C11H13BrClN. The topological polar surface area (TPSA) is 12.9 Å². The van der Waals surface area contributed by atoms with Crippen LogP contribution in [0.1, 0.15) is 25.0 Å². The highest BCUT2D eigenvalue weighted by molar-refractivity contribution is 9.10. The van der Waals surface area contributed by atoms with Gasteiger partial charge >= 0.3 is 0 Å². The van der Waals surface area contributed by atoms with Crippen LogP contribution in [0.4, 0.5) is 0 Å². The summed E-state index contributed by atoms with van der Waals surface area (Å²) in [5.74, 6) is 0.614. The molecule has 1 aromatic heterocycles. The third-order valence-corrected chi connectivity index (χ3v) is 4.15. The molecule has 0 spiro atoms. The first-order valence-corrected chi connectivity index (χ1v) is 6.24. The van der Waals surface area contributed by atoms with Crippen molar-refractivity contribution >= 4 is 27.5 Å².